The van der Waals surface area contributed by atoms with E-state index in [4.69, 9.17) is 11.6 Å². The van der Waals surface area contributed by atoms with Crippen molar-refractivity contribution in [1.82, 2.24) is 0 Å². The molecule has 0 aliphatic rings. The molecule has 0 bridgehead atoms. The molecule has 0 spiro atoms. The zero-order valence-electron chi connectivity index (χ0n) is 8.81. The van der Waals surface area contributed by atoms with Crippen molar-refractivity contribution in [2.45, 2.75) is 24.9 Å². The van der Waals surface area contributed by atoms with Gasteiger partial charge in [-0.1, -0.05) is 28.9 Å². The normalized spacial score (nSPS) is 13.5. The summed E-state index contributed by atoms with van der Waals surface area (Å²) in [6.45, 7) is 1.69. The number of ketones is 1. The Kier molecular flexibility index (Phi) is 4.61. The first kappa shape index (κ1) is 14.5. The molecular formula is C11H9BrClF3O. The largest absolute Gasteiger partial charge is 0.417 e. The molecule has 0 saturated carbocycles. The van der Waals surface area contributed by atoms with Crippen molar-refractivity contribution in [3.8, 4) is 0 Å². The number of hydrogen-bond acceptors (Lipinski definition) is 1. The number of alkyl halides is 4. The number of hydrogen-bond donors (Lipinski definition) is 0. The van der Waals surface area contributed by atoms with E-state index in [0.717, 1.165) is 6.07 Å². The summed E-state index contributed by atoms with van der Waals surface area (Å²) in [6.07, 6.45) is -4.12. The van der Waals surface area contributed by atoms with E-state index in [-0.39, 0.29) is 10.0 Å². The van der Waals surface area contributed by atoms with Crippen molar-refractivity contribution in [1.29, 1.82) is 0 Å². The molecule has 0 radical (unpaired) electrons. The first-order valence-corrected chi connectivity index (χ1v) is 6.05. The van der Waals surface area contributed by atoms with Crippen molar-refractivity contribution < 1.29 is 18.0 Å². The zero-order valence-corrected chi connectivity index (χ0v) is 11.2. The van der Waals surface area contributed by atoms with Crippen LogP contribution in [0, 0.1) is 0 Å². The topological polar surface area (TPSA) is 17.1 Å². The van der Waals surface area contributed by atoms with E-state index in [0.29, 0.717) is 6.42 Å². The molecule has 0 aromatic heterocycles. The summed E-state index contributed by atoms with van der Waals surface area (Å²) in [4.78, 5) is 11.7. The Hall–Kier alpha value is -0.550. The molecule has 0 amide bonds. The average molecular weight is 330 g/mol. The predicted molar refractivity (Wildman–Crippen MR) is 63.4 cm³/mol. The van der Waals surface area contributed by atoms with Gasteiger partial charge < -0.3 is 0 Å². The van der Waals surface area contributed by atoms with Crippen LogP contribution in [0.1, 0.15) is 29.3 Å². The van der Waals surface area contributed by atoms with E-state index in [9.17, 15) is 18.0 Å². The van der Waals surface area contributed by atoms with Gasteiger partial charge >= 0.3 is 6.18 Å². The van der Waals surface area contributed by atoms with E-state index >= 15 is 0 Å². The maximum Gasteiger partial charge on any atom is 0.417 e. The van der Waals surface area contributed by atoms with Crippen LogP contribution in [0.2, 0.25) is 0 Å². The van der Waals surface area contributed by atoms with Crippen LogP contribution in [-0.4, -0.2) is 11.2 Å². The van der Waals surface area contributed by atoms with Gasteiger partial charge in [-0.15, -0.1) is 11.6 Å². The fraction of sp³-hybridized carbons (Fsp3) is 0.364. The van der Waals surface area contributed by atoms with Gasteiger partial charge in [0.25, 0.3) is 0 Å². The Balaban J connectivity index is 3.18. The maximum atomic E-state index is 12.6. The molecule has 0 heterocycles. The fourth-order valence-corrected chi connectivity index (χ4v) is 1.86. The molecule has 0 aliphatic heterocycles. The van der Waals surface area contributed by atoms with E-state index in [1.807, 2.05) is 0 Å². The molecule has 94 valence electrons. The van der Waals surface area contributed by atoms with Crippen LogP contribution in [-0.2, 0) is 6.18 Å². The lowest BCUT2D eigenvalue weighted by Gasteiger charge is -2.12. The number of halogens is 5. The lowest BCUT2D eigenvalue weighted by atomic mass is 10.0. The Morgan fingerprint density at radius 3 is 2.53 bits per heavy atom. The van der Waals surface area contributed by atoms with Gasteiger partial charge in [0.1, 0.15) is 0 Å². The van der Waals surface area contributed by atoms with Crippen molar-refractivity contribution in [3.63, 3.8) is 0 Å². The number of carbonyl (C=O) groups is 1. The van der Waals surface area contributed by atoms with Crippen LogP contribution in [0.25, 0.3) is 0 Å². The summed E-state index contributed by atoms with van der Waals surface area (Å²) in [5, 5.41) is -0.794. The zero-order chi connectivity index (χ0) is 13.2. The van der Waals surface area contributed by atoms with Gasteiger partial charge in [0, 0.05) is 10.0 Å². The number of benzene rings is 1. The highest BCUT2D eigenvalue weighted by atomic mass is 79.9. The number of carbonyl (C=O) groups excluding carboxylic acids is 1. The van der Waals surface area contributed by atoms with E-state index in [1.54, 1.807) is 6.92 Å². The first-order chi connectivity index (χ1) is 7.77. The summed E-state index contributed by atoms with van der Waals surface area (Å²) in [5.74, 6) is -0.493. The highest BCUT2D eigenvalue weighted by Crippen LogP contribution is 2.35. The Morgan fingerprint density at radius 2 is 2.06 bits per heavy atom. The first-order valence-electron chi connectivity index (χ1n) is 4.82. The highest BCUT2D eigenvalue weighted by Gasteiger charge is 2.33. The second kappa shape index (κ2) is 5.40. The summed E-state index contributed by atoms with van der Waals surface area (Å²) in [5.41, 5.74) is -0.898. The molecule has 1 aromatic rings. The highest BCUT2D eigenvalue weighted by molar-refractivity contribution is 9.10. The van der Waals surface area contributed by atoms with Crippen LogP contribution >= 0.6 is 27.5 Å². The van der Waals surface area contributed by atoms with Crippen LogP contribution < -0.4 is 0 Å². The van der Waals surface area contributed by atoms with Gasteiger partial charge in [0.2, 0.25) is 0 Å². The Labute approximate surface area is 110 Å². The molecule has 0 fully saturated rings. The lowest BCUT2D eigenvalue weighted by Crippen LogP contribution is -2.15. The smallest absolute Gasteiger partial charge is 0.293 e. The molecule has 1 rings (SSSR count). The molecular weight excluding hydrogens is 320 g/mol. The minimum atomic E-state index is -4.50. The van der Waals surface area contributed by atoms with E-state index in [2.05, 4.69) is 15.9 Å². The summed E-state index contributed by atoms with van der Waals surface area (Å²) in [7, 11) is 0. The Morgan fingerprint density at radius 1 is 1.47 bits per heavy atom. The number of rotatable bonds is 3. The molecule has 0 N–H and O–H groups in total. The number of Topliss-reactive ketones (excluding diaryl/α,β-unsaturated/α-hetero) is 1. The van der Waals surface area contributed by atoms with E-state index < -0.39 is 22.9 Å². The van der Waals surface area contributed by atoms with E-state index in [1.165, 1.54) is 12.1 Å². The van der Waals surface area contributed by atoms with Gasteiger partial charge in [-0.2, -0.15) is 13.2 Å². The molecule has 1 aromatic carbocycles. The SMILES string of the molecule is CCC(Cl)C(=O)c1ccc(Br)c(C(F)(F)F)c1. The van der Waals surface area contributed by atoms with Crippen LogP contribution in [0.5, 0.6) is 0 Å². The van der Waals surface area contributed by atoms with Gasteiger partial charge in [-0.3, -0.25) is 4.79 Å². The Bertz CT molecular complexity index is 431. The summed E-state index contributed by atoms with van der Waals surface area (Å²) in [6, 6.07) is 3.35. The van der Waals surface area contributed by atoms with Crippen LogP contribution in [0.4, 0.5) is 13.2 Å². The minimum Gasteiger partial charge on any atom is -0.293 e. The average Bonchev–Trinajstić information content (AvgIpc) is 2.26. The fourth-order valence-electron chi connectivity index (χ4n) is 1.26. The molecule has 0 aliphatic carbocycles. The summed E-state index contributed by atoms with van der Waals surface area (Å²) >= 11 is 8.52. The molecule has 17 heavy (non-hydrogen) atoms. The maximum absolute atomic E-state index is 12.6. The van der Waals surface area contributed by atoms with Gasteiger partial charge in [-0.25, -0.2) is 0 Å². The van der Waals surface area contributed by atoms with Crippen LogP contribution in [0.15, 0.2) is 22.7 Å². The molecule has 0 saturated heterocycles. The lowest BCUT2D eigenvalue weighted by molar-refractivity contribution is -0.138. The van der Waals surface area contributed by atoms with Gasteiger partial charge in [0.15, 0.2) is 5.78 Å². The standard InChI is InChI=1S/C11H9BrClF3O/c1-2-9(13)10(17)6-3-4-8(12)7(5-6)11(14,15)16/h3-5,9H,2H2,1H3. The van der Waals surface area contributed by atoms with Crippen molar-refractivity contribution >= 4 is 33.3 Å². The molecule has 1 unspecified atom stereocenters. The van der Waals surface area contributed by atoms with Crippen molar-refractivity contribution in [2.24, 2.45) is 0 Å². The third kappa shape index (κ3) is 3.45. The van der Waals surface area contributed by atoms with Gasteiger partial charge in [-0.05, 0) is 18.6 Å². The molecule has 1 nitrogen and oxygen atoms in total. The monoisotopic (exact) mass is 328 g/mol. The van der Waals surface area contributed by atoms with Crippen LogP contribution in [0.3, 0.4) is 0 Å². The predicted octanol–water partition coefficient (Wildman–Crippen LogP) is 4.67. The van der Waals surface area contributed by atoms with Gasteiger partial charge in [0.05, 0.1) is 10.9 Å². The minimum absolute atomic E-state index is 0.0256. The second-order valence-corrected chi connectivity index (χ2v) is 4.81. The molecule has 1 atom stereocenters. The second-order valence-electron chi connectivity index (χ2n) is 3.43. The quantitative estimate of drug-likeness (QED) is 0.582. The molecule has 6 heteroatoms. The van der Waals surface area contributed by atoms with Crippen molar-refractivity contribution in [3.05, 3.63) is 33.8 Å². The summed E-state index contributed by atoms with van der Waals surface area (Å²) < 4.78 is 37.7. The third-order valence-corrected chi connectivity index (χ3v) is 3.40. The van der Waals surface area contributed by atoms with Crippen molar-refractivity contribution in [2.75, 3.05) is 0 Å². The third-order valence-electron chi connectivity index (χ3n) is 2.20.